The average molecular weight is 242 g/mol. The van der Waals surface area contributed by atoms with E-state index in [4.69, 9.17) is 0 Å². The number of rotatable bonds is 7. The van der Waals surface area contributed by atoms with Gasteiger partial charge in [-0.3, -0.25) is 9.89 Å². The van der Waals surface area contributed by atoms with E-state index in [1.807, 2.05) is 11.8 Å². The molecule has 0 spiro atoms. The molecule has 0 fully saturated rings. The number of carbonyl (C=O) groups is 1. The largest absolute Gasteiger partial charge is 0.349 e. The van der Waals surface area contributed by atoms with E-state index in [9.17, 15) is 4.79 Å². The highest BCUT2D eigenvalue weighted by atomic mass is 32.2. The van der Waals surface area contributed by atoms with E-state index in [0.717, 1.165) is 12.8 Å². The fourth-order valence-corrected chi connectivity index (χ4v) is 1.77. The minimum atomic E-state index is -0.200. The van der Waals surface area contributed by atoms with Crippen LogP contribution in [0.3, 0.4) is 0 Å². The number of H-pyrrole nitrogens is 1. The van der Waals surface area contributed by atoms with E-state index in [2.05, 4.69) is 26.8 Å². The summed E-state index contributed by atoms with van der Waals surface area (Å²) in [5.74, 6) is 1.87. The standard InChI is InChI=1S/C10H18N4OS/c1-8-12-9(14-13-8)10(15)11-6-4-3-5-7-16-2/h3-7H2,1-2H3,(H,11,15)(H,12,13,14). The van der Waals surface area contributed by atoms with Crippen molar-refractivity contribution < 1.29 is 4.79 Å². The molecule has 0 bridgehead atoms. The van der Waals surface area contributed by atoms with Gasteiger partial charge in [0, 0.05) is 6.54 Å². The summed E-state index contributed by atoms with van der Waals surface area (Å²) in [6.07, 6.45) is 5.47. The Bertz CT molecular complexity index is 326. The molecule has 5 nitrogen and oxygen atoms in total. The van der Waals surface area contributed by atoms with Crippen LogP contribution in [0.5, 0.6) is 0 Å². The van der Waals surface area contributed by atoms with Gasteiger partial charge in [-0.2, -0.15) is 11.8 Å². The van der Waals surface area contributed by atoms with Crippen molar-refractivity contribution in [2.45, 2.75) is 26.2 Å². The van der Waals surface area contributed by atoms with Crippen LogP contribution in [0, 0.1) is 6.92 Å². The first-order valence-corrected chi connectivity index (χ1v) is 6.79. The Labute approximate surface area is 99.8 Å². The molecule has 1 heterocycles. The number of nitrogens with one attached hydrogen (secondary N) is 2. The number of hydrogen-bond acceptors (Lipinski definition) is 4. The topological polar surface area (TPSA) is 70.7 Å². The van der Waals surface area contributed by atoms with Crippen molar-refractivity contribution in [1.29, 1.82) is 0 Å². The Morgan fingerprint density at radius 3 is 2.88 bits per heavy atom. The highest BCUT2D eigenvalue weighted by molar-refractivity contribution is 7.98. The van der Waals surface area contributed by atoms with Gasteiger partial charge in [0.1, 0.15) is 5.82 Å². The fraction of sp³-hybridized carbons (Fsp3) is 0.700. The first-order valence-electron chi connectivity index (χ1n) is 5.40. The third-order valence-corrected chi connectivity index (χ3v) is 2.81. The first kappa shape index (κ1) is 13.0. The summed E-state index contributed by atoms with van der Waals surface area (Å²) in [5.41, 5.74) is 0. The van der Waals surface area contributed by atoms with E-state index < -0.39 is 0 Å². The molecule has 0 aromatic carbocycles. The predicted octanol–water partition coefficient (Wildman–Crippen LogP) is 1.38. The van der Waals surface area contributed by atoms with Gasteiger partial charge in [-0.15, -0.1) is 5.10 Å². The van der Waals surface area contributed by atoms with Gasteiger partial charge in [-0.1, -0.05) is 6.42 Å². The summed E-state index contributed by atoms with van der Waals surface area (Å²) in [5, 5.41) is 9.23. The van der Waals surface area contributed by atoms with Crippen LogP contribution in [0.15, 0.2) is 0 Å². The summed E-state index contributed by atoms with van der Waals surface area (Å²) in [7, 11) is 0. The molecule has 0 unspecified atom stereocenters. The molecule has 6 heteroatoms. The molecule has 0 radical (unpaired) electrons. The maximum atomic E-state index is 11.5. The molecule has 2 N–H and O–H groups in total. The summed E-state index contributed by atoms with van der Waals surface area (Å²) in [6.45, 7) is 2.47. The molecule has 0 saturated heterocycles. The maximum Gasteiger partial charge on any atom is 0.290 e. The number of aryl methyl sites for hydroxylation is 1. The molecule has 1 amide bonds. The number of aromatic amines is 1. The molecule has 90 valence electrons. The summed E-state index contributed by atoms with van der Waals surface area (Å²) in [6, 6.07) is 0. The van der Waals surface area contributed by atoms with Crippen molar-refractivity contribution in [2.24, 2.45) is 0 Å². The molecular formula is C10H18N4OS. The minimum Gasteiger partial charge on any atom is -0.349 e. The van der Waals surface area contributed by atoms with Crippen molar-refractivity contribution >= 4 is 17.7 Å². The SMILES string of the molecule is CSCCCCCNC(=O)c1n[nH]c(C)n1. The summed E-state index contributed by atoms with van der Waals surface area (Å²) in [4.78, 5) is 15.4. The zero-order chi connectivity index (χ0) is 11.8. The van der Waals surface area contributed by atoms with Gasteiger partial charge in [-0.05, 0) is 31.8 Å². The van der Waals surface area contributed by atoms with Crippen molar-refractivity contribution in [3.63, 3.8) is 0 Å². The van der Waals surface area contributed by atoms with Crippen molar-refractivity contribution in [2.75, 3.05) is 18.6 Å². The summed E-state index contributed by atoms with van der Waals surface area (Å²) >= 11 is 1.85. The van der Waals surface area contributed by atoms with Crippen LogP contribution in [0.25, 0.3) is 0 Å². The average Bonchev–Trinajstić information content (AvgIpc) is 2.70. The maximum absolute atomic E-state index is 11.5. The van der Waals surface area contributed by atoms with Crippen molar-refractivity contribution in [3.05, 3.63) is 11.6 Å². The van der Waals surface area contributed by atoms with Crippen molar-refractivity contribution in [3.8, 4) is 0 Å². The third-order valence-electron chi connectivity index (χ3n) is 2.11. The number of carbonyl (C=O) groups excluding carboxylic acids is 1. The van der Waals surface area contributed by atoms with Gasteiger partial charge in [0.05, 0.1) is 0 Å². The number of unbranched alkanes of at least 4 members (excludes halogenated alkanes) is 2. The Morgan fingerprint density at radius 2 is 2.25 bits per heavy atom. The monoisotopic (exact) mass is 242 g/mol. The smallest absolute Gasteiger partial charge is 0.290 e. The number of hydrogen-bond donors (Lipinski definition) is 2. The van der Waals surface area contributed by atoms with Crippen LogP contribution < -0.4 is 5.32 Å². The van der Waals surface area contributed by atoms with E-state index in [1.165, 1.54) is 12.2 Å². The molecule has 0 saturated carbocycles. The Hall–Kier alpha value is -1.04. The lowest BCUT2D eigenvalue weighted by atomic mass is 10.2. The zero-order valence-electron chi connectivity index (χ0n) is 9.75. The van der Waals surface area contributed by atoms with Crippen LogP contribution in [0.2, 0.25) is 0 Å². The van der Waals surface area contributed by atoms with Crippen LogP contribution in [0.4, 0.5) is 0 Å². The molecule has 0 atom stereocenters. The van der Waals surface area contributed by atoms with Crippen LogP contribution in [-0.2, 0) is 0 Å². The van der Waals surface area contributed by atoms with E-state index in [-0.39, 0.29) is 11.7 Å². The lowest BCUT2D eigenvalue weighted by Gasteiger charge is -2.01. The van der Waals surface area contributed by atoms with Gasteiger partial charge in [0.15, 0.2) is 0 Å². The molecule has 0 aliphatic rings. The summed E-state index contributed by atoms with van der Waals surface area (Å²) < 4.78 is 0. The lowest BCUT2D eigenvalue weighted by Crippen LogP contribution is -2.25. The molecule has 0 aliphatic carbocycles. The van der Waals surface area contributed by atoms with Gasteiger partial charge in [-0.25, -0.2) is 4.98 Å². The number of thioether (sulfide) groups is 1. The number of aromatic nitrogens is 3. The first-order chi connectivity index (χ1) is 7.74. The molecule has 0 aliphatic heterocycles. The molecule has 1 aromatic heterocycles. The fourth-order valence-electron chi connectivity index (χ4n) is 1.27. The Balaban J connectivity index is 2.11. The van der Waals surface area contributed by atoms with Gasteiger partial charge < -0.3 is 5.32 Å². The second kappa shape index (κ2) is 7.27. The van der Waals surface area contributed by atoms with Crippen molar-refractivity contribution in [1.82, 2.24) is 20.5 Å². The second-order valence-electron chi connectivity index (χ2n) is 3.55. The van der Waals surface area contributed by atoms with Gasteiger partial charge >= 0.3 is 0 Å². The number of amides is 1. The molecule has 1 aromatic rings. The van der Waals surface area contributed by atoms with Crippen LogP contribution in [0.1, 0.15) is 35.7 Å². The van der Waals surface area contributed by atoms with Gasteiger partial charge in [0.25, 0.3) is 5.91 Å². The highest BCUT2D eigenvalue weighted by Crippen LogP contribution is 2.01. The Kier molecular flexibility index (Phi) is 5.92. The predicted molar refractivity (Wildman–Crippen MR) is 65.7 cm³/mol. The lowest BCUT2D eigenvalue weighted by molar-refractivity contribution is 0.0943. The second-order valence-corrected chi connectivity index (χ2v) is 4.54. The van der Waals surface area contributed by atoms with Crippen LogP contribution >= 0.6 is 11.8 Å². The minimum absolute atomic E-state index is 0.200. The van der Waals surface area contributed by atoms with E-state index >= 15 is 0 Å². The molecular weight excluding hydrogens is 224 g/mol. The number of nitrogens with zero attached hydrogens (tertiary/aromatic N) is 2. The third kappa shape index (κ3) is 4.65. The highest BCUT2D eigenvalue weighted by Gasteiger charge is 2.09. The van der Waals surface area contributed by atoms with E-state index in [0.29, 0.717) is 12.4 Å². The van der Waals surface area contributed by atoms with Crippen LogP contribution in [-0.4, -0.2) is 39.6 Å². The molecule has 16 heavy (non-hydrogen) atoms. The Morgan fingerprint density at radius 1 is 1.44 bits per heavy atom. The molecule has 1 rings (SSSR count). The quantitative estimate of drug-likeness (QED) is 0.709. The van der Waals surface area contributed by atoms with E-state index in [1.54, 1.807) is 6.92 Å². The normalized spacial score (nSPS) is 10.4. The van der Waals surface area contributed by atoms with Gasteiger partial charge in [0.2, 0.25) is 5.82 Å². The zero-order valence-corrected chi connectivity index (χ0v) is 10.6.